The Morgan fingerprint density at radius 3 is 2.64 bits per heavy atom. The first kappa shape index (κ1) is 23.6. The molecule has 9 nitrogen and oxygen atoms in total. The van der Waals surface area contributed by atoms with Gasteiger partial charge in [-0.3, -0.25) is 14.5 Å². The number of rotatable bonds is 6. The molecule has 2 aromatic carbocycles. The van der Waals surface area contributed by atoms with E-state index in [0.29, 0.717) is 40.3 Å². The Hall–Kier alpha value is -4.18. The zero-order valence-corrected chi connectivity index (χ0v) is 20.8. The molecule has 1 atom stereocenters. The van der Waals surface area contributed by atoms with Crippen LogP contribution in [-0.2, 0) is 4.74 Å². The highest BCUT2D eigenvalue weighted by molar-refractivity contribution is 7.17. The van der Waals surface area contributed by atoms with Gasteiger partial charge in [0.15, 0.2) is 22.1 Å². The molecule has 0 N–H and O–H groups in total. The number of amides is 1. The number of aryl methyl sites for hydroxylation is 1. The molecule has 0 saturated heterocycles. The summed E-state index contributed by atoms with van der Waals surface area (Å²) < 4.78 is 22.0. The minimum Gasteiger partial charge on any atom is -0.493 e. The number of aromatic nitrogens is 1. The summed E-state index contributed by atoms with van der Waals surface area (Å²) in [5.74, 6) is -0.172. The summed E-state index contributed by atoms with van der Waals surface area (Å²) in [6, 6.07) is 11.1. The molecule has 1 unspecified atom stereocenters. The highest BCUT2D eigenvalue weighted by Crippen LogP contribution is 2.44. The van der Waals surface area contributed by atoms with Gasteiger partial charge < -0.3 is 18.6 Å². The first-order valence-electron chi connectivity index (χ1n) is 11.1. The average Bonchev–Trinajstić information content (AvgIpc) is 3.41. The minimum absolute atomic E-state index is 0.0657. The second-order valence-electron chi connectivity index (χ2n) is 7.99. The number of benzene rings is 2. The number of anilines is 1. The first-order valence-corrected chi connectivity index (χ1v) is 12.0. The smallest absolute Gasteiger partial charge is 0.350 e. The van der Waals surface area contributed by atoms with E-state index < -0.39 is 17.9 Å². The molecule has 36 heavy (non-hydrogen) atoms. The lowest BCUT2D eigenvalue weighted by Crippen LogP contribution is -2.29. The number of carbonyl (C=O) groups is 2. The van der Waals surface area contributed by atoms with Crippen molar-refractivity contribution in [3.05, 3.63) is 80.1 Å². The summed E-state index contributed by atoms with van der Waals surface area (Å²) in [6.45, 7) is 3.96. The number of carbonyl (C=O) groups excluding carboxylic acids is 2. The van der Waals surface area contributed by atoms with Gasteiger partial charge in [0.2, 0.25) is 5.76 Å². The number of hydrogen-bond donors (Lipinski definition) is 0. The molecule has 0 radical (unpaired) electrons. The molecular weight excluding hydrogens is 484 g/mol. The van der Waals surface area contributed by atoms with Crippen molar-refractivity contribution in [3.8, 4) is 11.5 Å². The van der Waals surface area contributed by atoms with Crippen molar-refractivity contribution in [2.24, 2.45) is 0 Å². The van der Waals surface area contributed by atoms with E-state index in [4.69, 9.17) is 18.6 Å². The van der Waals surface area contributed by atoms with E-state index in [9.17, 15) is 14.4 Å². The zero-order valence-electron chi connectivity index (χ0n) is 20.0. The van der Waals surface area contributed by atoms with Crippen LogP contribution in [0.25, 0.3) is 11.0 Å². The van der Waals surface area contributed by atoms with Crippen molar-refractivity contribution in [3.63, 3.8) is 0 Å². The maximum absolute atomic E-state index is 13.7. The Labute approximate surface area is 209 Å². The molecule has 1 amide bonds. The topological polar surface area (TPSA) is 108 Å². The molecule has 0 aliphatic carbocycles. The minimum atomic E-state index is -0.867. The highest BCUT2D eigenvalue weighted by Gasteiger charge is 2.45. The average molecular weight is 507 g/mol. The predicted molar refractivity (Wildman–Crippen MR) is 133 cm³/mol. The van der Waals surface area contributed by atoms with Crippen LogP contribution in [0.15, 0.2) is 51.7 Å². The first-order chi connectivity index (χ1) is 17.4. The SMILES string of the molecule is CCOc1ccc(C2c3c(oc4ccccc4c3=O)C(=O)N2c2nc(C)c(C(=O)OC)s2)cc1OC. The van der Waals surface area contributed by atoms with Gasteiger partial charge in [0.25, 0.3) is 5.91 Å². The van der Waals surface area contributed by atoms with Crippen molar-refractivity contribution in [2.75, 3.05) is 25.7 Å². The molecule has 5 rings (SSSR count). The normalized spacial score (nSPS) is 14.7. The van der Waals surface area contributed by atoms with E-state index in [0.717, 1.165) is 11.3 Å². The highest BCUT2D eigenvalue weighted by atomic mass is 32.1. The van der Waals surface area contributed by atoms with E-state index >= 15 is 0 Å². The molecule has 1 aliphatic heterocycles. The van der Waals surface area contributed by atoms with Crippen LogP contribution in [0.4, 0.5) is 5.13 Å². The molecule has 3 heterocycles. The molecule has 10 heteroatoms. The number of ether oxygens (including phenoxy) is 3. The van der Waals surface area contributed by atoms with Gasteiger partial charge in [-0.25, -0.2) is 9.78 Å². The van der Waals surface area contributed by atoms with Crippen molar-refractivity contribution in [1.29, 1.82) is 0 Å². The third kappa shape index (κ3) is 3.61. The van der Waals surface area contributed by atoms with E-state index in [-0.39, 0.29) is 26.8 Å². The van der Waals surface area contributed by atoms with Crippen LogP contribution < -0.4 is 19.8 Å². The molecule has 0 saturated carbocycles. The molecule has 0 bridgehead atoms. The van der Waals surface area contributed by atoms with Crippen molar-refractivity contribution < 1.29 is 28.2 Å². The number of hydrogen-bond acceptors (Lipinski definition) is 9. The summed E-state index contributed by atoms with van der Waals surface area (Å²) in [6.07, 6.45) is 0. The fourth-order valence-electron chi connectivity index (χ4n) is 4.33. The van der Waals surface area contributed by atoms with Gasteiger partial charge in [0, 0.05) is 0 Å². The summed E-state index contributed by atoms with van der Waals surface area (Å²) in [4.78, 5) is 45.8. The second kappa shape index (κ2) is 9.12. The van der Waals surface area contributed by atoms with E-state index in [1.165, 1.54) is 19.1 Å². The van der Waals surface area contributed by atoms with Gasteiger partial charge >= 0.3 is 5.97 Å². The van der Waals surface area contributed by atoms with Gasteiger partial charge in [-0.15, -0.1) is 0 Å². The molecule has 0 spiro atoms. The van der Waals surface area contributed by atoms with Crippen molar-refractivity contribution in [2.45, 2.75) is 19.9 Å². The lowest BCUT2D eigenvalue weighted by molar-refractivity contribution is 0.0605. The Morgan fingerprint density at radius 2 is 1.92 bits per heavy atom. The molecule has 0 fully saturated rings. The number of thiazole rings is 1. The summed E-state index contributed by atoms with van der Waals surface area (Å²) >= 11 is 1.01. The van der Waals surface area contributed by atoms with Crippen LogP contribution in [0.5, 0.6) is 11.5 Å². The monoisotopic (exact) mass is 506 g/mol. The van der Waals surface area contributed by atoms with Crippen LogP contribution in [-0.4, -0.2) is 37.7 Å². The fourth-order valence-corrected chi connectivity index (χ4v) is 5.34. The molecule has 4 aromatic rings. The molecule has 1 aliphatic rings. The standard InChI is InChI=1S/C26H22N2O7S/c1-5-34-17-11-10-14(12-18(17)32-3)20-19-21(29)15-8-6-7-9-16(15)35-22(19)24(30)28(20)26-27-13(2)23(36-26)25(31)33-4/h6-12,20H,5H2,1-4H3. The van der Waals surface area contributed by atoms with E-state index in [1.54, 1.807) is 49.4 Å². The zero-order chi connectivity index (χ0) is 25.6. The van der Waals surface area contributed by atoms with Gasteiger partial charge in [0.05, 0.1) is 43.5 Å². The maximum Gasteiger partial charge on any atom is 0.350 e. The van der Waals surface area contributed by atoms with E-state index in [2.05, 4.69) is 4.98 Å². The van der Waals surface area contributed by atoms with Gasteiger partial charge in [0.1, 0.15) is 10.5 Å². The van der Waals surface area contributed by atoms with Crippen LogP contribution in [0.2, 0.25) is 0 Å². The Bertz CT molecular complexity index is 1570. The number of methoxy groups -OCH3 is 2. The molecular formula is C26H22N2O7S. The number of para-hydroxylation sites is 1. The Kier molecular flexibility index (Phi) is 5.97. The van der Waals surface area contributed by atoms with Crippen LogP contribution >= 0.6 is 11.3 Å². The second-order valence-corrected chi connectivity index (χ2v) is 8.97. The van der Waals surface area contributed by atoms with Gasteiger partial charge in [-0.1, -0.05) is 29.5 Å². The lowest BCUT2D eigenvalue weighted by Gasteiger charge is -2.23. The Balaban J connectivity index is 1.77. The fraction of sp³-hybridized carbons (Fsp3) is 0.231. The van der Waals surface area contributed by atoms with Gasteiger partial charge in [-0.2, -0.15) is 0 Å². The maximum atomic E-state index is 13.7. The quantitative estimate of drug-likeness (QED) is 0.352. The van der Waals surface area contributed by atoms with Crippen molar-refractivity contribution in [1.82, 2.24) is 4.98 Å². The van der Waals surface area contributed by atoms with E-state index in [1.807, 2.05) is 6.92 Å². The third-order valence-electron chi connectivity index (χ3n) is 5.94. The summed E-state index contributed by atoms with van der Waals surface area (Å²) in [5.41, 5.74) is 1.19. The van der Waals surface area contributed by atoms with Crippen LogP contribution in [0.3, 0.4) is 0 Å². The van der Waals surface area contributed by atoms with Crippen LogP contribution in [0, 0.1) is 6.92 Å². The van der Waals surface area contributed by atoms with Crippen molar-refractivity contribution >= 4 is 39.3 Å². The summed E-state index contributed by atoms with van der Waals surface area (Å²) in [5, 5.41) is 0.602. The molecule has 2 aromatic heterocycles. The Morgan fingerprint density at radius 1 is 1.14 bits per heavy atom. The molecule has 184 valence electrons. The lowest BCUT2D eigenvalue weighted by atomic mass is 9.98. The van der Waals surface area contributed by atoms with Crippen LogP contribution in [0.1, 0.15) is 50.0 Å². The number of esters is 1. The number of nitrogens with zero attached hydrogens (tertiary/aromatic N) is 2. The predicted octanol–water partition coefficient (Wildman–Crippen LogP) is 4.50. The number of fused-ring (bicyclic) bond motifs is 2. The van der Waals surface area contributed by atoms with Gasteiger partial charge in [-0.05, 0) is 43.7 Å². The third-order valence-corrected chi connectivity index (χ3v) is 7.08. The largest absolute Gasteiger partial charge is 0.493 e. The summed E-state index contributed by atoms with van der Waals surface area (Å²) in [7, 11) is 2.79.